The van der Waals surface area contributed by atoms with E-state index in [2.05, 4.69) is 10.3 Å². The molecule has 0 saturated carbocycles. The number of aromatic nitrogens is 1. The van der Waals surface area contributed by atoms with Crippen molar-refractivity contribution in [3.63, 3.8) is 0 Å². The van der Waals surface area contributed by atoms with Crippen molar-refractivity contribution >= 4 is 17.8 Å². The Kier molecular flexibility index (Phi) is 5.63. The van der Waals surface area contributed by atoms with Gasteiger partial charge in [0.05, 0.1) is 5.92 Å². The summed E-state index contributed by atoms with van der Waals surface area (Å²) < 4.78 is 36.5. The zero-order valence-corrected chi connectivity index (χ0v) is 13.2. The summed E-state index contributed by atoms with van der Waals surface area (Å²) in [5.41, 5.74) is 0.754. The number of carbonyl (C=O) groups excluding carboxylic acids is 2. The molecule has 0 bridgehead atoms. The maximum Gasteiger partial charge on any atom is 0.405 e. The lowest BCUT2D eigenvalue weighted by molar-refractivity contribution is -0.124. The van der Waals surface area contributed by atoms with Crippen molar-refractivity contribution in [3.8, 4) is 0 Å². The van der Waals surface area contributed by atoms with Crippen LogP contribution in [-0.4, -0.2) is 47.6 Å². The second-order valence-corrected chi connectivity index (χ2v) is 5.71. The maximum atomic E-state index is 12.3. The third-order valence-electron chi connectivity index (χ3n) is 3.66. The van der Waals surface area contributed by atoms with Gasteiger partial charge in [0.2, 0.25) is 5.91 Å². The van der Waals surface area contributed by atoms with Crippen LogP contribution in [0.1, 0.15) is 18.5 Å². The van der Waals surface area contributed by atoms with Gasteiger partial charge >= 0.3 is 12.2 Å². The van der Waals surface area contributed by atoms with Crippen molar-refractivity contribution in [2.45, 2.75) is 25.9 Å². The lowest BCUT2D eigenvalue weighted by atomic mass is 9.97. The second kappa shape index (κ2) is 7.50. The first-order chi connectivity index (χ1) is 11.2. The second-order valence-electron chi connectivity index (χ2n) is 5.71. The van der Waals surface area contributed by atoms with E-state index in [1.54, 1.807) is 25.1 Å². The van der Waals surface area contributed by atoms with Crippen molar-refractivity contribution < 1.29 is 22.8 Å². The smallest absolute Gasteiger partial charge is 0.329 e. The topological polar surface area (TPSA) is 74.3 Å². The number of nitrogens with one attached hydrogen (secondary N) is 2. The van der Waals surface area contributed by atoms with Crippen LogP contribution in [-0.2, 0) is 4.79 Å². The molecule has 6 nitrogen and oxygen atoms in total. The van der Waals surface area contributed by atoms with Gasteiger partial charge in [0.1, 0.15) is 12.4 Å². The summed E-state index contributed by atoms with van der Waals surface area (Å²) in [5, 5.41) is 4.51. The number of aryl methyl sites for hydroxylation is 1. The molecule has 1 aromatic heterocycles. The lowest BCUT2D eigenvalue weighted by Gasteiger charge is -2.32. The summed E-state index contributed by atoms with van der Waals surface area (Å²) in [4.78, 5) is 29.5. The Hall–Kier alpha value is -2.32. The average Bonchev–Trinajstić information content (AvgIpc) is 2.52. The zero-order chi connectivity index (χ0) is 17.7. The highest BCUT2D eigenvalue weighted by atomic mass is 19.4. The summed E-state index contributed by atoms with van der Waals surface area (Å²) >= 11 is 0. The van der Waals surface area contributed by atoms with E-state index in [1.807, 2.05) is 5.32 Å². The van der Waals surface area contributed by atoms with E-state index in [1.165, 1.54) is 4.90 Å². The minimum absolute atomic E-state index is 0.0847. The third-order valence-corrected chi connectivity index (χ3v) is 3.66. The van der Waals surface area contributed by atoms with Crippen LogP contribution < -0.4 is 10.6 Å². The van der Waals surface area contributed by atoms with Gasteiger partial charge in [-0.05, 0) is 31.9 Å². The molecule has 1 saturated heterocycles. The van der Waals surface area contributed by atoms with Crippen LogP contribution in [0.25, 0.3) is 0 Å². The van der Waals surface area contributed by atoms with Gasteiger partial charge in [-0.1, -0.05) is 6.07 Å². The molecule has 24 heavy (non-hydrogen) atoms. The molecular weight excluding hydrogens is 325 g/mol. The summed E-state index contributed by atoms with van der Waals surface area (Å²) in [6, 6.07) is 4.40. The van der Waals surface area contributed by atoms with Gasteiger partial charge in [-0.3, -0.25) is 4.79 Å². The molecule has 1 atom stereocenters. The van der Waals surface area contributed by atoms with Crippen LogP contribution in [0.2, 0.25) is 0 Å². The standard InChI is InChI=1S/C15H19F3N4O2/c1-10-4-2-6-12(20-10)21-13(23)11-5-3-7-22(8-11)14(24)19-9-15(16,17)18/h2,4,6,11H,3,5,7-9H2,1H3,(H,19,24)(H,20,21,23). The molecule has 1 fully saturated rings. The number of pyridine rings is 1. The molecule has 2 rings (SSSR count). The van der Waals surface area contributed by atoms with Crippen molar-refractivity contribution in [2.24, 2.45) is 5.92 Å². The molecule has 3 amide bonds. The highest BCUT2D eigenvalue weighted by Crippen LogP contribution is 2.19. The molecule has 0 spiro atoms. The number of urea groups is 1. The van der Waals surface area contributed by atoms with Crippen LogP contribution in [0.3, 0.4) is 0 Å². The van der Waals surface area contributed by atoms with E-state index in [9.17, 15) is 22.8 Å². The Balaban J connectivity index is 1.90. The quantitative estimate of drug-likeness (QED) is 0.884. The molecule has 132 valence electrons. The van der Waals surface area contributed by atoms with Gasteiger partial charge in [0, 0.05) is 18.8 Å². The molecule has 1 aliphatic heterocycles. The highest BCUT2D eigenvalue weighted by molar-refractivity contribution is 5.92. The molecule has 2 N–H and O–H groups in total. The molecule has 1 aliphatic rings. The predicted molar refractivity (Wildman–Crippen MR) is 81.4 cm³/mol. The SMILES string of the molecule is Cc1cccc(NC(=O)C2CCCN(C(=O)NCC(F)(F)F)C2)n1. The number of hydrogen-bond donors (Lipinski definition) is 2. The van der Waals surface area contributed by atoms with E-state index in [0.29, 0.717) is 25.2 Å². The maximum absolute atomic E-state index is 12.3. The van der Waals surface area contributed by atoms with E-state index >= 15 is 0 Å². The van der Waals surface area contributed by atoms with Crippen molar-refractivity contribution in [2.75, 3.05) is 25.0 Å². The highest BCUT2D eigenvalue weighted by Gasteiger charge is 2.32. The minimum atomic E-state index is -4.46. The normalized spacial score (nSPS) is 18.2. The minimum Gasteiger partial charge on any atom is -0.329 e. The number of carbonyl (C=O) groups is 2. The fourth-order valence-corrected chi connectivity index (χ4v) is 2.50. The van der Waals surface area contributed by atoms with Crippen molar-refractivity contribution in [1.82, 2.24) is 15.2 Å². The molecule has 1 aromatic rings. The first kappa shape index (κ1) is 18.0. The van der Waals surface area contributed by atoms with Crippen LogP contribution in [0.5, 0.6) is 0 Å². The Morgan fingerprint density at radius 2 is 2.12 bits per heavy atom. The lowest BCUT2D eigenvalue weighted by Crippen LogP contribution is -2.49. The first-order valence-electron chi connectivity index (χ1n) is 7.58. The van der Waals surface area contributed by atoms with Crippen LogP contribution >= 0.6 is 0 Å². The van der Waals surface area contributed by atoms with Gasteiger partial charge in [-0.25, -0.2) is 9.78 Å². The van der Waals surface area contributed by atoms with Gasteiger partial charge < -0.3 is 15.5 Å². The van der Waals surface area contributed by atoms with Crippen LogP contribution in [0, 0.1) is 12.8 Å². The van der Waals surface area contributed by atoms with Crippen LogP contribution in [0.4, 0.5) is 23.8 Å². The first-order valence-corrected chi connectivity index (χ1v) is 7.58. The Morgan fingerprint density at radius 1 is 1.38 bits per heavy atom. The largest absolute Gasteiger partial charge is 0.405 e. The number of hydrogen-bond acceptors (Lipinski definition) is 3. The van der Waals surface area contributed by atoms with Crippen molar-refractivity contribution in [1.29, 1.82) is 0 Å². The monoisotopic (exact) mass is 344 g/mol. The third kappa shape index (κ3) is 5.39. The van der Waals surface area contributed by atoms with E-state index in [0.717, 1.165) is 5.69 Å². The number of amides is 3. The number of halogens is 3. The average molecular weight is 344 g/mol. The predicted octanol–water partition coefficient (Wildman–Crippen LogP) is 2.31. The summed E-state index contributed by atoms with van der Waals surface area (Å²) in [6.45, 7) is 0.826. The van der Waals surface area contributed by atoms with Gasteiger partial charge in [0.25, 0.3) is 0 Å². The van der Waals surface area contributed by atoms with Gasteiger partial charge in [-0.15, -0.1) is 0 Å². The fourth-order valence-electron chi connectivity index (χ4n) is 2.50. The fraction of sp³-hybridized carbons (Fsp3) is 0.533. The molecule has 1 unspecified atom stereocenters. The van der Waals surface area contributed by atoms with Gasteiger partial charge in [-0.2, -0.15) is 13.2 Å². The molecular formula is C15H19F3N4O2. The molecule has 0 radical (unpaired) electrons. The Morgan fingerprint density at radius 3 is 2.79 bits per heavy atom. The van der Waals surface area contributed by atoms with Gasteiger partial charge in [0.15, 0.2) is 0 Å². The molecule has 0 aliphatic carbocycles. The Bertz CT molecular complexity index is 607. The number of rotatable bonds is 3. The van der Waals surface area contributed by atoms with E-state index in [4.69, 9.17) is 0 Å². The summed E-state index contributed by atoms with van der Waals surface area (Å²) in [7, 11) is 0. The molecule has 9 heteroatoms. The number of nitrogens with zero attached hydrogens (tertiary/aromatic N) is 2. The zero-order valence-electron chi connectivity index (χ0n) is 13.2. The van der Waals surface area contributed by atoms with E-state index < -0.39 is 24.7 Å². The van der Waals surface area contributed by atoms with E-state index in [-0.39, 0.29) is 12.5 Å². The van der Waals surface area contributed by atoms with Crippen molar-refractivity contribution in [3.05, 3.63) is 23.9 Å². The summed E-state index contributed by atoms with van der Waals surface area (Å²) in [6.07, 6.45) is -3.33. The number of piperidine rings is 1. The summed E-state index contributed by atoms with van der Waals surface area (Å²) in [5.74, 6) is -0.349. The molecule has 2 heterocycles. The number of likely N-dealkylation sites (tertiary alicyclic amines) is 1. The molecule has 0 aromatic carbocycles. The van der Waals surface area contributed by atoms with Crippen LogP contribution in [0.15, 0.2) is 18.2 Å². The number of alkyl halides is 3. The number of anilines is 1. The Labute approximate surface area is 137 Å².